The average molecular weight is 337 g/mol. The first-order chi connectivity index (χ1) is 8.75. The Kier molecular flexibility index (Phi) is 4.55. The number of hydrogen-bond donors (Lipinski definition) is 1. The monoisotopic (exact) mass is 336 g/mol. The number of nitrogens with zero attached hydrogens (tertiary/aromatic N) is 1. The molecule has 0 saturated heterocycles. The van der Waals surface area contributed by atoms with Crippen LogP contribution in [0.5, 0.6) is 0 Å². The van der Waals surface area contributed by atoms with E-state index in [0.717, 1.165) is 6.54 Å². The molecule has 2 N–H and O–H groups in total. The van der Waals surface area contributed by atoms with Gasteiger partial charge in [-0.3, -0.25) is 0 Å². The molecular weight excluding hydrogens is 320 g/mol. The molecule has 2 aromatic rings. The van der Waals surface area contributed by atoms with Gasteiger partial charge >= 0.3 is 0 Å². The van der Waals surface area contributed by atoms with Gasteiger partial charge in [0.25, 0.3) is 0 Å². The highest BCUT2D eigenvalue weighted by atomic mass is 79.9. The molecule has 3 rings (SSSR count). The molecule has 0 radical (unpaired) electrons. The Bertz CT molecular complexity index is 526. The van der Waals surface area contributed by atoms with Crippen LogP contribution in [0.3, 0.4) is 0 Å². The number of rotatable bonds is 2. The quantitative estimate of drug-likeness (QED) is 0.890. The maximum Gasteiger partial charge on any atom is 0.0553 e. The lowest BCUT2D eigenvalue weighted by Gasteiger charge is -2.33. The minimum atomic E-state index is 0. The molecule has 0 fully saturated rings. The van der Waals surface area contributed by atoms with Crippen molar-refractivity contribution in [2.45, 2.75) is 22.8 Å². The Morgan fingerprint density at radius 3 is 1.95 bits per heavy atom. The number of benzene rings is 2. The van der Waals surface area contributed by atoms with Gasteiger partial charge in [-0.2, -0.15) is 0 Å². The first-order valence-electron chi connectivity index (χ1n) is 6.15. The number of para-hydroxylation sites is 2. The van der Waals surface area contributed by atoms with Crippen LogP contribution in [0.4, 0.5) is 11.4 Å². The predicted octanol–water partition coefficient (Wildman–Crippen LogP) is 4.21. The number of hydrogen-bond acceptors (Lipinski definition) is 3. The molecule has 2 aromatic carbocycles. The van der Waals surface area contributed by atoms with E-state index in [1.807, 2.05) is 18.7 Å². The molecule has 1 aliphatic rings. The lowest BCUT2D eigenvalue weighted by molar-refractivity contribution is 0.727. The molecule has 19 heavy (non-hydrogen) atoms. The number of anilines is 2. The highest BCUT2D eigenvalue weighted by molar-refractivity contribution is 8.93. The van der Waals surface area contributed by atoms with Crippen molar-refractivity contribution in [3.05, 3.63) is 48.5 Å². The fraction of sp³-hybridized carbons (Fsp3) is 0.200. The third-order valence-electron chi connectivity index (χ3n) is 3.00. The summed E-state index contributed by atoms with van der Waals surface area (Å²) in [5.41, 5.74) is 8.51. The van der Waals surface area contributed by atoms with E-state index >= 15 is 0 Å². The Morgan fingerprint density at radius 1 is 1.00 bits per heavy atom. The number of halogens is 1. The van der Waals surface area contributed by atoms with Crippen LogP contribution in [-0.4, -0.2) is 12.6 Å². The Balaban J connectivity index is 0.00000133. The van der Waals surface area contributed by atoms with Crippen molar-refractivity contribution in [1.82, 2.24) is 0 Å². The SMILES string of the molecule is Br.CC(N)CN1c2ccccc2Sc2ccccc21. The van der Waals surface area contributed by atoms with Crippen molar-refractivity contribution < 1.29 is 0 Å². The standard InChI is InChI=1S/C15H16N2S.BrH/c1-11(16)10-17-12-6-2-4-8-14(12)18-15-9-5-3-7-13(15)17;/h2-9,11H,10,16H2,1H3;1H. The van der Waals surface area contributed by atoms with E-state index in [9.17, 15) is 0 Å². The summed E-state index contributed by atoms with van der Waals surface area (Å²) in [7, 11) is 0. The largest absolute Gasteiger partial charge is 0.338 e. The molecule has 1 unspecified atom stereocenters. The average Bonchev–Trinajstić information content (AvgIpc) is 2.38. The van der Waals surface area contributed by atoms with Crippen LogP contribution in [0.15, 0.2) is 58.3 Å². The van der Waals surface area contributed by atoms with Gasteiger partial charge in [-0.1, -0.05) is 36.0 Å². The van der Waals surface area contributed by atoms with Gasteiger partial charge in [0.1, 0.15) is 0 Å². The fourth-order valence-corrected chi connectivity index (χ4v) is 3.36. The van der Waals surface area contributed by atoms with Gasteiger partial charge in [0, 0.05) is 22.4 Å². The molecule has 0 aliphatic carbocycles. The topological polar surface area (TPSA) is 29.3 Å². The van der Waals surface area contributed by atoms with Gasteiger partial charge in [-0.05, 0) is 31.2 Å². The van der Waals surface area contributed by atoms with Gasteiger partial charge < -0.3 is 10.6 Å². The highest BCUT2D eigenvalue weighted by Crippen LogP contribution is 2.47. The molecule has 1 heterocycles. The van der Waals surface area contributed by atoms with Crippen LogP contribution in [-0.2, 0) is 0 Å². The normalized spacial score (nSPS) is 14.1. The molecule has 0 saturated carbocycles. The van der Waals surface area contributed by atoms with Crippen LogP contribution in [0.1, 0.15) is 6.92 Å². The molecule has 1 aliphatic heterocycles. The first kappa shape index (κ1) is 14.4. The van der Waals surface area contributed by atoms with E-state index in [2.05, 4.69) is 53.4 Å². The van der Waals surface area contributed by atoms with E-state index in [4.69, 9.17) is 5.73 Å². The van der Waals surface area contributed by atoms with Gasteiger partial charge in [-0.15, -0.1) is 17.0 Å². The summed E-state index contributed by atoms with van der Waals surface area (Å²) in [4.78, 5) is 4.93. The van der Waals surface area contributed by atoms with Crippen molar-refractivity contribution in [2.24, 2.45) is 5.73 Å². The summed E-state index contributed by atoms with van der Waals surface area (Å²) < 4.78 is 0. The molecule has 100 valence electrons. The summed E-state index contributed by atoms with van der Waals surface area (Å²) in [5, 5.41) is 0. The molecule has 0 aromatic heterocycles. The third kappa shape index (κ3) is 2.81. The lowest BCUT2D eigenvalue weighted by atomic mass is 10.2. The molecule has 0 bridgehead atoms. The van der Waals surface area contributed by atoms with Crippen molar-refractivity contribution in [1.29, 1.82) is 0 Å². The second kappa shape index (κ2) is 5.99. The molecule has 0 amide bonds. The molecular formula is C15H17BrN2S. The van der Waals surface area contributed by atoms with Gasteiger partial charge in [0.05, 0.1) is 11.4 Å². The predicted molar refractivity (Wildman–Crippen MR) is 88.0 cm³/mol. The minimum Gasteiger partial charge on any atom is -0.338 e. The lowest BCUT2D eigenvalue weighted by Crippen LogP contribution is -2.33. The molecule has 4 heteroatoms. The van der Waals surface area contributed by atoms with Crippen molar-refractivity contribution in [3.63, 3.8) is 0 Å². The Hall–Kier alpha value is -0.970. The fourth-order valence-electron chi connectivity index (χ4n) is 2.27. The maximum absolute atomic E-state index is 5.99. The molecule has 0 spiro atoms. The summed E-state index contributed by atoms with van der Waals surface area (Å²) in [6.07, 6.45) is 0. The maximum atomic E-state index is 5.99. The van der Waals surface area contributed by atoms with Crippen molar-refractivity contribution >= 4 is 40.1 Å². The van der Waals surface area contributed by atoms with Gasteiger partial charge in [-0.25, -0.2) is 0 Å². The second-order valence-corrected chi connectivity index (χ2v) is 5.71. The van der Waals surface area contributed by atoms with E-state index in [-0.39, 0.29) is 23.0 Å². The van der Waals surface area contributed by atoms with E-state index in [1.165, 1.54) is 21.2 Å². The summed E-state index contributed by atoms with van der Waals surface area (Å²) in [6, 6.07) is 17.2. The number of fused-ring (bicyclic) bond motifs is 2. The zero-order valence-electron chi connectivity index (χ0n) is 10.7. The van der Waals surface area contributed by atoms with E-state index < -0.39 is 0 Å². The molecule has 1 atom stereocenters. The van der Waals surface area contributed by atoms with Crippen LogP contribution >= 0.6 is 28.7 Å². The first-order valence-corrected chi connectivity index (χ1v) is 6.96. The van der Waals surface area contributed by atoms with Crippen LogP contribution in [0.2, 0.25) is 0 Å². The summed E-state index contributed by atoms with van der Waals surface area (Å²) >= 11 is 1.83. The van der Waals surface area contributed by atoms with Crippen LogP contribution < -0.4 is 10.6 Å². The number of nitrogens with two attached hydrogens (primary N) is 1. The van der Waals surface area contributed by atoms with Crippen LogP contribution in [0.25, 0.3) is 0 Å². The van der Waals surface area contributed by atoms with E-state index in [1.54, 1.807) is 0 Å². The second-order valence-electron chi connectivity index (χ2n) is 4.63. The zero-order valence-corrected chi connectivity index (χ0v) is 13.3. The Morgan fingerprint density at radius 2 is 1.47 bits per heavy atom. The smallest absolute Gasteiger partial charge is 0.0553 e. The van der Waals surface area contributed by atoms with Crippen molar-refractivity contribution in [2.75, 3.05) is 11.4 Å². The van der Waals surface area contributed by atoms with Crippen molar-refractivity contribution in [3.8, 4) is 0 Å². The van der Waals surface area contributed by atoms with Crippen LogP contribution in [0, 0.1) is 0 Å². The Labute approximate surface area is 128 Å². The van der Waals surface area contributed by atoms with Gasteiger partial charge in [0.15, 0.2) is 0 Å². The highest BCUT2D eigenvalue weighted by Gasteiger charge is 2.22. The molecule has 2 nitrogen and oxygen atoms in total. The summed E-state index contributed by atoms with van der Waals surface area (Å²) in [6.45, 7) is 2.89. The van der Waals surface area contributed by atoms with E-state index in [0.29, 0.717) is 0 Å². The third-order valence-corrected chi connectivity index (χ3v) is 4.13. The summed E-state index contributed by atoms with van der Waals surface area (Å²) in [5.74, 6) is 0. The van der Waals surface area contributed by atoms with Gasteiger partial charge in [0.2, 0.25) is 0 Å². The minimum absolute atomic E-state index is 0. The zero-order chi connectivity index (χ0) is 12.5.